The number of anilines is 2. The molecule has 0 fully saturated rings. The quantitative estimate of drug-likeness (QED) is 0.179. The minimum atomic E-state index is -0.525. The second-order valence-corrected chi connectivity index (χ2v) is 12.3. The van der Waals surface area contributed by atoms with Crippen LogP contribution in [0.15, 0.2) is 83.7 Å². The monoisotopic (exact) mass is 633 g/mol. The van der Waals surface area contributed by atoms with Crippen LogP contribution in [0.5, 0.6) is 11.5 Å². The fourth-order valence-corrected chi connectivity index (χ4v) is 7.40. The summed E-state index contributed by atoms with van der Waals surface area (Å²) < 4.78 is 17.3. The molecule has 0 saturated heterocycles. The van der Waals surface area contributed by atoms with Crippen LogP contribution < -0.4 is 20.5 Å². The Morgan fingerprint density at radius 2 is 1.76 bits per heavy atom. The van der Waals surface area contributed by atoms with Gasteiger partial charge in [-0.2, -0.15) is 0 Å². The molecule has 1 aliphatic rings. The van der Waals surface area contributed by atoms with Crippen LogP contribution in [0.4, 0.5) is 11.5 Å². The molecule has 3 N–H and O–H groups in total. The standard InChI is InChI=1S/C35H27N3O5S2/c1-41-29-17-23(24-18-30-28(16-26(24)35(40)42-2)32-19(8-11-43-30)9-13-45-32)25(15-27(29)31-4-3-12-44-31)34(39)38-21-5-6-22-20(14-21)7-10-37-33(22)36/h3-7,9-10,12-18H,8,11H2,1-2H3,(H2,36,37)(H,38,39). The molecular formula is C35H27N3O5S2. The first kappa shape index (κ1) is 28.6. The summed E-state index contributed by atoms with van der Waals surface area (Å²) in [6.07, 6.45) is 2.38. The number of hydrogen-bond donors (Lipinski definition) is 2. The van der Waals surface area contributed by atoms with E-state index in [4.69, 9.17) is 19.9 Å². The van der Waals surface area contributed by atoms with Gasteiger partial charge in [-0.1, -0.05) is 6.07 Å². The van der Waals surface area contributed by atoms with Gasteiger partial charge in [-0.3, -0.25) is 4.79 Å². The highest BCUT2D eigenvalue weighted by atomic mass is 32.1. The second-order valence-electron chi connectivity index (χ2n) is 10.4. The first-order valence-corrected chi connectivity index (χ1v) is 15.9. The molecule has 224 valence electrons. The Labute approximate surface area is 267 Å². The fourth-order valence-electron chi connectivity index (χ4n) is 5.68. The third kappa shape index (κ3) is 5.17. The Morgan fingerprint density at radius 1 is 0.911 bits per heavy atom. The Balaban J connectivity index is 1.43. The maximum Gasteiger partial charge on any atom is 0.338 e. The van der Waals surface area contributed by atoms with E-state index in [1.54, 1.807) is 42.8 Å². The lowest BCUT2D eigenvalue weighted by Crippen LogP contribution is -2.15. The zero-order valence-electron chi connectivity index (χ0n) is 24.4. The lowest BCUT2D eigenvalue weighted by Gasteiger charge is -2.19. The maximum absolute atomic E-state index is 14.2. The van der Waals surface area contributed by atoms with Gasteiger partial charge in [0.2, 0.25) is 0 Å². The molecule has 45 heavy (non-hydrogen) atoms. The van der Waals surface area contributed by atoms with Crippen molar-refractivity contribution in [3.05, 3.63) is 100 Å². The molecule has 0 saturated carbocycles. The first-order valence-electron chi connectivity index (χ1n) is 14.1. The summed E-state index contributed by atoms with van der Waals surface area (Å²) in [4.78, 5) is 33.7. The van der Waals surface area contributed by atoms with E-state index in [0.717, 1.165) is 43.6 Å². The molecule has 8 nitrogen and oxygen atoms in total. The summed E-state index contributed by atoms with van der Waals surface area (Å²) >= 11 is 3.14. The summed E-state index contributed by atoms with van der Waals surface area (Å²) in [5.74, 6) is 0.721. The number of hydrogen-bond acceptors (Lipinski definition) is 9. The third-order valence-corrected chi connectivity index (χ3v) is 9.75. The lowest BCUT2D eigenvalue weighted by atomic mass is 9.90. The molecule has 0 unspecified atom stereocenters. The number of rotatable bonds is 6. The Kier molecular flexibility index (Phi) is 7.44. The van der Waals surface area contributed by atoms with Crippen molar-refractivity contribution in [2.24, 2.45) is 0 Å². The van der Waals surface area contributed by atoms with Crippen LogP contribution in [0.2, 0.25) is 0 Å². The average Bonchev–Trinajstić information content (AvgIpc) is 3.74. The van der Waals surface area contributed by atoms with E-state index in [2.05, 4.69) is 16.4 Å². The smallest absolute Gasteiger partial charge is 0.338 e. The number of pyridine rings is 1. The Hall–Kier alpha value is -5.19. The van der Waals surface area contributed by atoms with Crippen LogP contribution in [0, 0.1) is 0 Å². The van der Waals surface area contributed by atoms with Crippen molar-refractivity contribution in [1.82, 2.24) is 4.98 Å². The van der Waals surface area contributed by atoms with Crippen LogP contribution in [0.25, 0.3) is 42.8 Å². The number of carbonyl (C=O) groups is 2. The molecule has 0 aliphatic carbocycles. The number of nitrogens with zero attached hydrogens (tertiary/aromatic N) is 1. The number of thiophene rings is 2. The lowest BCUT2D eigenvalue weighted by molar-refractivity contribution is 0.0601. The highest BCUT2D eigenvalue weighted by Gasteiger charge is 2.27. The van der Waals surface area contributed by atoms with E-state index < -0.39 is 5.97 Å². The van der Waals surface area contributed by atoms with Gasteiger partial charge in [0.05, 0.1) is 26.4 Å². The number of aromatic nitrogens is 1. The van der Waals surface area contributed by atoms with Gasteiger partial charge in [-0.25, -0.2) is 9.78 Å². The number of ether oxygens (including phenoxy) is 3. The Morgan fingerprint density at radius 3 is 2.56 bits per heavy atom. The number of nitrogen functional groups attached to an aromatic ring is 1. The number of fused-ring (bicyclic) bond motifs is 4. The van der Waals surface area contributed by atoms with Crippen molar-refractivity contribution in [2.75, 3.05) is 31.9 Å². The molecule has 1 amide bonds. The minimum Gasteiger partial charge on any atom is -0.496 e. The molecule has 10 heteroatoms. The van der Waals surface area contributed by atoms with Gasteiger partial charge in [0.25, 0.3) is 5.91 Å². The van der Waals surface area contributed by atoms with E-state index >= 15 is 0 Å². The van der Waals surface area contributed by atoms with Crippen LogP contribution in [-0.4, -0.2) is 37.7 Å². The van der Waals surface area contributed by atoms with Crippen molar-refractivity contribution in [3.8, 4) is 43.5 Å². The van der Waals surface area contributed by atoms with Crippen LogP contribution in [-0.2, 0) is 11.2 Å². The number of nitrogens with two attached hydrogens (primary N) is 1. The molecule has 3 aromatic heterocycles. The van der Waals surface area contributed by atoms with E-state index in [1.807, 2.05) is 53.2 Å². The van der Waals surface area contributed by atoms with Gasteiger partial charge < -0.3 is 25.3 Å². The summed E-state index contributed by atoms with van der Waals surface area (Å²) in [5, 5.41) is 8.70. The van der Waals surface area contributed by atoms with E-state index in [9.17, 15) is 9.59 Å². The number of methoxy groups -OCH3 is 2. The molecule has 3 aromatic carbocycles. The number of carbonyl (C=O) groups excluding carboxylic acids is 2. The van der Waals surface area contributed by atoms with E-state index in [-0.39, 0.29) is 5.91 Å². The minimum absolute atomic E-state index is 0.315. The van der Waals surface area contributed by atoms with Gasteiger partial charge >= 0.3 is 5.97 Å². The average molecular weight is 634 g/mol. The summed E-state index contributed by atoms with van der Waals surface area (Å²) in [6.45, 7) is 0.490. The first-order chi connectivity index (χ1) is 21.9. The van der Waals surface area contributed by atoms with Crippen molar-refractivity contribution in [3.63, 3.8) is 0 Å². The highest BCUT2D eigenvalue weighted by molar-refractivity contribution is 7.14. The molecule has 0 spiro atoms. The van der Waals surface area contributed by atoms with Crippen LogP contribution in [0.1, 0.15) is 26.3 Å². The largest absolute Gasteiger partial charge is 0.496 e. The highest BCUT2D eigenvalue weighted by Crippen LogP contribution is 2.45. The fraction of sp³-hybridized carbons (Fsp3) is 0.114. The second kappa shape index (κ2) is 11.7. The molecule has 4 heterocycles. The van der Waals surface area contributed by atoms with Crippen molar-refractivity contribution >= 4 is 56.8 Å². The summed E-state index contributed by atoms with van der Waals surface area (Å²) in [5.41, 5.74) is 11.0. The van der Waals surface area contributed by atoms with Crippen LogP contribution >= 0.6 is 22.7 Å². The normalized spacial score (nSPS) is 12.0. The van der Waals surface area contributed by atoms with Gasteiger partial charge in [-0.05, 0) is 87.9 Å². The molecule has 0 radical (unpaired) electrons. The predicted octanol–water partition coefficient (Wildman–Crippen LogP) is 7.92. The number of esters is 1. The van der Waals surface area contributed by atoms with Crippen molar-refractivity contribution in [2.45, 2.75) is 6.42 Å². The van der Waals surface area contributed by atoms with Crippen molar-refractivity contribution in [1.29, 1.82) is 0 Å². The molecule has 0 atom stereocenters. The van der Waals surface area contributed by atoms with E-state index in [0.29, 0.717) is 51.9 Å². The molecule has 0 bridgehead atoms. The predicted molar refractivity (Wildman–Crippen MR) is 180 cm³/mol. The van der Waals surface area contributed by atoms with Gasteiger partial charge in [0.15, 0.2) is 0 Å². The Bertz CT molecular complexity index is 2100. The zero-order valence-corrected chi connectivity index (χ0v) is 26.0. The topological polar surface area (TPSA) is 113 Å². The number of amides is 1. The van der Waals surface area contributed by atoms with Gasteiger partial charge in [0.1, 0.15) is 17.3 Å². The maximum atomic E-state index is 14.2. The third-order valence-electron chi connectivity index (χ3n) is 7.86. The molecule has 7 rings (SSSR count). The number of nitrogens with one attached hydrogen (secondary N) is 1. The van der Waals surface area contributed by atoms with Gasteiger partial charge in [0, 0.05) is 55.7 Å². The van der Waals surface area contributed by atoms with Crippen molar-refractivity contribution < 1.29 is 23.8 Å². The van der Waals surface area contributed by atoms with E-state index in [1.165, 1.54) is 18.4 Å². The molecular weight excluding hydrogens is 607 g/mol. The zero-order chi connectivity index (χ0) is 31.1. The summed E-state index contributed by atoms with van der Waals surface area (Å²) in [7, 11) is 2.94. The summed E-state index contributed by atoms with van der Waals surface area (Å²) in [6, 6.07) is 20.6. The van der Waals surface area contributed by atoms with Gasteiger partial charge in [-0.15, -0.1) is 22.7 Å². The molecule has 1 aliphatic heterocycles. The molecule has 6 aromatic rings. The number of benzene rings is 3. The SMILES string of the molecule is COC(=O)c1cc2c(cc1-c1cc(OC)c(-c3cccs3)cc1C(=O)Nc1ccc3c(N)nccc3c1)OCCc1ccsc1-2. The van der Waals surface area contributed by atoms with Crippen LogP contribution in [0.3, 0.4) is 0 Å².